The van der Waals surface area contributed by atoms with E-state index in [1.54, 1.807) is 0 Å². The van der Waals surface area contributed by atoms with Crippen molar-refractivity contribution in [3.05, 3.63) is 41.3 Å². The van der Waals surface area contributed by atoms with Gasteiger partial charge in [0.2, 0.25) is 0 Å². The molecule has 0 saturated carbocycles. The first kappa shape index (κ1) is 13.2. The summed E-state index contributed by atoms with van der Waals surface area (Å²) in [4.78, 5) is 7.51. The number of nitrogens with zero attached hydrogens (tertiary/aromatic N) is 1. The molecule has 0 aliphatic carbocycles. The molecule has 1 aromatic heterocycles. The normalized spacial score (nSPS) is 11.8. The van der Waals surface area contributed by atoms with Crippen molar-refractivity contribution in [1.29, 1.82) is 0 Å². The molecule has 18 heavy (non-hydrogen) atoms. The zero-order valence-corrected chi connectivity index (χ0v) is 12.1. The van der Waals surface area contributed by atoms with E-state index >= 15 is 0 Å². The van der Waals surface area contributed by atoms with Crippen molar-refractivity contribution in [2.75, 3.05) is 0 Å². The van der Waals surface area contributed by atoms with E-state index < -0.39 is 0 Å². The molecule has 1 heterocycles. The van der Waals surface area contributed by atoms with E-state index in [0.717, 1.165) is 11.5 Å². The Bertz CT molecular complexity index is 550. The van der Waals surface area contributed by atoms with Gasteiger partial charge in [-0.15, -0.1) is 11.6 Å². The molecule has 0 aliphatic heterocycles. The van der Waals surface area contributed by atoms with Crippen LogP contribution in [-0.2, 0) is 11.3 Å². The van der Waals surface area contributed by atoms with Crippen LogP contribution in [0, 0.1) is 6.92 Å². The van der Waals surface area contributed by atoms with E-state index in [0.29, 0.717) is 5.88 Å². The van der Waals surface area contributed by atoms with Crippen LogP contribution in [0.15, 0.2) is 24.4 Å². The summed E-state index contributed by atoms with van der Waals surface area (Å²) in [6.07, 6.45) is 1.85. The predicted molar refractivity (Wildman–Crippen MR) is 77.0 cm³/mol. The average Bonchev–Trinajstić information content (AvgIpc) is 2.76. The number of aromatic amines is 1. The fraction of sp³-hybridized carbons (Fsp3) is 0.400. The molecule has 2 rings (SSSR count). The van der Waals surface area contributed by atoms with Crippen LogP contribution in [0.25, 0.3) is 11.3 Å². The Morgan fingerprint density at radius 2 is 2.00 bits per heavy atom. The van der Waals surface area contributed by atoms with E-state index in [2.05, 4.69) is 55.9 Å². The van der Waals surface area contributed by atoms with E-state index in [9.17, 15) is 0 Å². The highest BCUT2D eigenvalue weighted by atomic mass is 35.5. The topological polar surface area (TPSA) is 28.7 Å². The molecule has 2 aromatic rings. The molecule has 0 aliphatic rings. The van der Waals surface area contributed by atoms with E-state index in [4.69, 9.17) is 11.6 Å². The third-order valence-electron chi connectivity index (χ3n) is 3.15. The number of hydrogen-bond donors (Lipinski definition) is 1. The molecule has 0 fully saturated rings. The highest BCUT2D eigenvalue weighted by Crippen LogP contribution is 2.29. The van der Waals surface area contributed by atoms with Crippen LogP contribution in [0.3, 0.4) is 0 Å². The second-order valence-corrected chi connectivity index (χ2v) is 5.92. The number of aromatic nitrogens is 2. The van der Waals surface area contributed by atoms with Gasteiger partial charge in [0.1, 0.15) is 5.82 Å². The molecule has 0 amide bonds. The lowest BCUT2D eigenvalue weighted by Crippen LogP contribution is -2.11. The first-order chi connectivity index (χ1) is 8.41. The number of hydrogen-bond acceptors (Lipinski definition) is 1. The number of benzene rings is 1. The number of imidazole rings is 1. The van der Waals surface area contributed by atoms with Gasteiger partial charge in [-0.1, -0.05) is 32.9 Å². The lowest BCUT2D eigenvalue weighted by atomic mass is 9.85. The molecule has 1 aromatic carbocycles. The quantitative estimate of drug-likeness (QED) is 0.798. The molecule has 1 N–H and O–H groups in total. The minimum Gasteiger partial charge on any atom is -0.341 e. The summed E-state index contributed by atoms with van der Waals surface area (Å²) in [6.45, 7) is 8.78. The lowest BCUT2D eigenvalue weighted by molar-refractivity contribution is 0.590. The van der Waals surface area contributed by atoms with Gasteiger partial charge in [-0.25, -0.2) is 4.98 Å². The Labute approximate surface area is 113 Å². The third kappa shape index (κ3) is 2.59. The summed E-state index contributed by atoms with van der Waals surface area (Å²) in [5.41, 5.74) is 4.95. The first-order valence-electron chi connectivity index (χ1n) is 6.13. The van der Waals surface area contributed by atoms with Crippen molar-refractivity contribution >= 4 is 11.6 Å². The van der Waals surface area contributed by atoms with Gasteiger partial charge in [0.05, 0.1) is 17.8 Å². The van der Waals surface area contributed by atoms with Crippen molar-refractivity contribution in [1.82, 2.24) is 9.97 Å². The number of rotatable bonds is 2. The van der Waals surface area contributed by atoms with E-state index in [1.807, 2.05) is 6.20 Å². The Morgan fingerprint density at radius 1 is 1.28 bits per heavy atom. The second-order valence-electron chi connectivity index (χ2n) is 5.66. The Kier molecular flexibility index (Phi) is 3.49. The second kappa shape index (κ2) is 4.77. The zero-order valence-electron chi connectivity index (χ0n) is 11.3. The minimum absolute atomic E-state index is 0.151. The van der Waals surface area contributed by atoms with Gasteiger partial charge in [0, 0.05) is 5.56 Å². The molecule has 0 bridgehead atoms. The summed E-state index contributed by atoms with van der Waals surface area (Å²) in [7, 11) is 0. The van der Waals surface area contributed by atoms with Gasteiger partial charge in [-0.05, 0) is 29.5 Å². The summed E-state index contributed by atoms with van der Waals surface area (Å²) >= 11 is 5.78. The van der Waals surface area contributed by atoms with Gasteiger partial charge in [-0.2, -0.15) is 0 Å². The molecule has 0 saturated heterocycles. The van der Waals surface area contributed by atoms with Crippen LogP contribution < -0.4 is 0 Å². The summed E-state index contributed by atoms with van der Waals surface area (Å²) in [5.74, 6) is 1.23. The number of halogens is 1. The predicted octanol–water partition coefficient (Wildman–Crippen LogP) is 4.42. The molecular formula is C15H19ClN2. The van der Waals surface area contributed by atoms with Crippen LogP contribution in [0.2, 0.25) is 0 Å². The molecule has 2 nitrogen and oxygen atoms in total. The fourth-order valence-corrected chi connectivity index (χ4v) is 2.08. The Morgan fingerprint density at radius 3 is 2.56 bits per heavy atom. The largest absolute Gasteiger partial charge is 0.341 e. The maximum atomic E-state index is 5.78. The molecule has 3 heteroatoms. The SMILES string of the molecule is Cc1ccc(C(C)(C)C)cc1-c1cnc(CCl)[nH]1. The van der Waals surface area contributed by atoms with Crippen molar-refractivity contribution in [3.8, 4) is 11.3 Å². The minimum atomic E-state index is 0.151. The van der Waals surface area contributed by atoms with Crippen molar-refractivity contribution < 1.29 is 0 Å². The standard InChI is InChI=1S/C15H19ClN2/c1-10-5-6-11(15(2,3)4)7-12(10)13-9-17-14(8-16)18-13/h5-7,9H,8H2,1-4H3,(H,17,18). The van der Waals surface area contributed by atoms with Gasteiger partial charge in [0.15, 0.2) is 0 Å². The summed E-state index contributed by atoms with van der Waals surface area (Å²) in [6, 6.07) is 6.59. The molecule has 0 spiro atoms. The van der Waals surface area contributed by atoms with Crippen LogP contribution in [0.1, 0.15) is 37.7 Å². The number of H-pyrrole nitrogens is 1. The molecule has 0 atom stereocenters. The lowest BCUT2D eigenvalue weighted by Gasteiger charge is -2.20. The highest BCUT2D eigenvalue weighted by molar-refractivity contribution is 6.16. The Hall–Kier alpha value is -1.28. The number of aryl methyl sites for hydroxylation is 1. The maximum absolute atomic E-state index is 5.78. The fourth-order valence-electron chi connectivity index (χ4n) is 1.95. The number of alkyl halides is 1. The van der Waals surface area contributed by atoms with Gasteiger partial charge in [-0.3, -0.25) is 0 Å². The summed E-state index contributed by atoms with van der Waals surface area (Å²) in [5, 5.41) is 0. The summed E-state index contributed by atoms with van der Waals surface area (Å²) < 4.78 is 0. The average molecular weight is 263 g/mol. The van der Waals surface area contributed by atoms with Gasteiger partial charge >= 0.3 is 0 Å². The number of nitrogens with one attached hydrogen (secondary N) is 1. The van der Waals surface area contributed by atoms with Crippen LogP contribution >= 0.6 is 11.6 Å². The van der Waals surface area contributed by atoms with Crippen molar-refractivity contribution in [2.45, 2.75) is 39.0 Å². The molecule has 96 valence electrons. The molecular weight excluding hydrogens is 244 g/mol. The zero-order chi connectivity index (χ0) is 13.3. The van der Waals surface area contributed by atoms with E-state index in [-0.39, 0.29) is 5.41 Å². The Balaban J connectivity index is 2.49. The van der Waals surface area contributed by atoms with Crippen molar-refractivity contribution in [2.24, 2.45) is 0 Å². The third-order valence-corrected chi connectivity index (χ3v) is 3.40. The van der Waals surface area contributed by atoms with E-state index in [1.165, 1.54) is 16.7 Å². The maximum Gasteiger partial charge on any atom is 0.121 e. The molecule has 0 unspecified atom stereocenters. The first-order valence-corrected chi connectivity index (χ1v) is 6.66. The van der Waals surface area contributed by atoms with Gasteiger partial charge < -0.3 is 4.98 Å². The van der Waals surface area contributed by atoms with Crippen LogP contribution in [-0.4, -0.2) is 9.97 Å². The van der Waals surface area contributed by atoms with Gasteiger partial charge in [0.25, 0.3) is 0 Å². The van der Waals surface area contributed by atoms with Crippen molar-refractivity contribution in [3.63, 3.8) is 0 Å². The molecule has 0 radical (unpaired) electrons. The van der Waals surface area contributed by atoms with Crippen LogP contribution in [0.5, 0.6) is 0 Å². The monoisotopic (exact) mass is 262 g/mol. The smallest absolute Gasteiger partial charge is 0.121 e. The highest BCUT2D eigenvalue weighted by Gasteiger charge is 2.15. The van der Waals surface area contributed by atoms with Crippen LogP contribution in [0.4, 0.5) is 0 Å².